The number of aromatic nitrogens is 3. The van der Waals surface area contributed by atoms with Gasteiger partial charge in [-0.05, 0) is 25.0 Å². The van der Waals surface area contributed by atoms with Crippen LogP contribution in [-0.2, 0) is 4.79 Å². The average Bonchev–Trinajstić information content (AvgIpc) is 3.16. The number of benzene rings is 1. The Morgan fingerprint density at radius 2 is 1.91 bits per heavy atom. The predicted molar refractivity (Wildman–Crippen MR) is 123 cm³/mol. The normalized spacial score (nSPS) is 18.0. The Hall–Kier alpha value is -3.49. The second-order valence-corrected chi connectivity index (χ2v) is 9.22. The number of carboxylic acid groups (broad SMARTS) is 1. The van der Waals surface area contributed by atoms with Crippen LogP contribution in [0.2, 0.25) is 0 Å². The lowest BCUT2D eigenvalue weighted by atomic mass is 9.82. The van der Waals surface area contributed by atoms with E-state index >= 15 is 4.39 Å². The van der Waals surface area contributed by atoms with Crippen molar-refractivity contribution < 1.29 is 23.8 Å². The molecule has 2 aromatic heterocycles. The van der Waals surface area contributed by atoms with Gasteiger partial charge in [0.15, 0.2) is 11.3 Å². The molecule has 2 aliphatic rings. The third-order valence-corrected chi connectivity index (χ3v) is 6.93. The number of ether oxygens (including phenoxy) is 1. The maximum atomic E-state index is 15.5. The van der Waals surface area contributed by atoms with Gasteiger partial charge in [0.2, 0.25) is 5.91 Å². The first-order valence-corrected chi connectivity index (χ1v) is 11.6. The first kappa shape index (κ1) is 22.3. The molecule has 0 unspecified atom stereocenters. The smallest absolute Gasteiger partial charge is 0.354 e. The van der Waals surface area contributed by atoms with Gasteiger partial charge in [-0.2, -0.15) is 5.10 Å². The molecule has 1 saturated carbocycles. The number of carbonyl (C=O) groups excluding carboxylic acids is 1. The molecule has 1 aromatic carbocycles. The number of nitrogens with zero attached hydrogens (tertiary/aromatic N) is 4. The van der Waals surface area contributed by atoms with Crippen molar-refractivity contribution in [2.24, 2.45) is 0 Å². The summed E-state index contributed by atoms with van der Waals surface area (Å²) in [6.07, 6.45) is 3.40. The minimum absolute atomic E-state index is 0.0663. The standard InChI is InChI=1S/C25H27FN4O4/c1-16(31)29-12-10-25(26,11-13-29)15-34-20-14-19(24(32)33)27-23-21(20)22(17-6-5-7-17)28-30(23)18-8-3-2-4-9-18/h2-4,8-9,14,17H,5-7,10-13,15H2,1H3,(H,32,33). The molecule has 1 saturated heterocycles. The van der Waals surface area contributed by atoms with E-state index in [0.717, 1.165) is 30.6 Å². The molecule has 0 radical (unpaired) electrons. The van der Waals surface area contributed by atoms with E-state index in [1.807, 2.05) is 30.3 Å². The zero-order chi connectivity index (χ0) is 23.9. The van der Waals surface area contributed by atoms with Crippen LogP contribution in [0.25, 0.3) is 16.7 Å². The average molecular weight is 467 g/mol. The molecule has 0 bridgehead atoms. The summed E-state index contributed by atoms with van der Waals surface area (Å²) >= 11 is 0. The summed E-state index contributed by atoms with van der Waals surface area (Å²) in [6, 6.07) is 10.8. The van der Waals surface area contributed by atoms with Gasteiger partial charge in [0.05, 0.1) is 16.8 Å². The van der Waals surface area contributed by atoms with Gasteiger partial charge < -0.3 is 14.7 Å². The maximum Gasteiger partial charge on any atom is 0.354 e. The Balaban J connectivity index is 1.55. The fourth-order valence-electron chi connectivity index (χ4n) is 4.62. The molecule has 1 aliphatic carbocycles. The van der Waals surface area contributed by atoms with Crippen molar-refractivity contribution in [3.8, 4) is 11.4 Å². The van der Waals surface area contributed by atoms with E-state index in [9.17, 15) is 14.7 Å². The van der Waals surface area contributed by atoms with Crippen LogP contribution >= 0.6 is 0 Å². The molecule has 9 heteroatoms. The van der Waals surface area contributed by atoms with E-state index in [4.69, 9.17) is 9.84 Å². The van der Waals surface area contributed by atoms with E-state index < -0.39 is 11.6 Å². The molecule has 3 aromatic rings. The topological polar surface area (TPSA) is 97.6 Å². The van der Waals surface area contributed by atoms with Crippen LogP contribution in [0.3, 0.4) is 0 Å². The van der Waals surface area contributed by atoms with E-state index in [0.29, 0.717) is 24.1 Å². The molecule has 3 heterocycles. The first-order valence-electron chi connectivity index (χ1n) is 11.6. The second-order valence-electron chi connectivity index (χ2n) is 9.22. The van der Waals surface area contributed by atoms with Crippen molar-refractivity contribution in [2.45, 2.75) is 50.6 Å². The number of piperidine rings is 1. The molecule has 8 nitrogen and oxygen atoms in total. The van der Waals surface area contributed by atoms with Crippen LogP contribution in [0.1, 0.15) is 61.1 Å². The van der Waals surface area contributed by atoms with E-state index in [2.05, 4.69) is 4.98 Å². The number of rotatable bonds is 6. The summed E-state index contributed by atoms with van der Waals surface area (Å²) in [7, 11) is 0. The molecule has 1 N–H and O–H groups in total. The molecule has 2 fully saturated rings. The van der Waals surface area contributed by atoms with Gasteiger partial charge in [-0.25, -0.2) is 18.9 Å². The second kappa shape index (κ2) is 8.70. The highest BCUT2D eigenvalue weighted by Gasteiger charge is 2.37. The van der Waals surface area contributed by atoms with Gasteiger partial charge in [-0.1, -0.05) is 24.6 Å². The van der Waals surface area contributed by atoms with Gasteiger partial charge in [-0.15, -0.1) is 0 Å². The minimum atomic E-state index is -1.60. The van der Waals surface area contributed by atoms with Crippen molar-refractivity contribution in [2.75, 3.05) is 19.7 Å². The Bertz CT molecular complexity index is 1230. The number of hydrogen-bond donors (Lipinski definition) is 1. The van der Waals surface area contributed by atoms with Crippen molar-refractivity contribution >= 4 is 22.9 Å². The molecule has 178 valence electrons. The zero-order valence-electron chi connectivity index (χ0n) is 19.0. The fraction of sp³-hybridized carbons (Fsp3) is 0.440. The predicted octanol–water partition coefficient (Wildman–Crippen LogP) is 4.12. The quantitative estimate of drug-likeness (QED) is 0.587. The number of hydrogen-bond acceptors (Lipinski definition) is 5. The Morgan fingerprint density at radius 3 is 2.50 bits per heavy atom. The molecule has 0 spiro atoms. The third-order valence-electron chi connectivity index (χ3n) is 6.93. The largest absolute Gasteiger partial charge is 0.489 e. The summed E-state index contributed by atoms with van der Waals surface area (Å²) < 4.78 is 23.2. The summed E-state index contributed by atoms with van der Waals surface area (Å²) in [4.78, 5) is 29.5. The van der Waals surface area contributed by atoms with Crippen molar-refractivity contribution in [1.29, 1.82) is 0 Å². The van der Waals surface area contributed by atoms with Crippen LogP contribution < -0.4 is 4.74 Å². The SMILES string of the molecule is CC(=O)N1CCC(F)(COc2cc(C(=O)O)nc3c2c(C2CCC2)nn3-c2ccccc2)CC1. The lowest BCUT2D eigenvalue weighted by Gasteiger charge is -2.35. The van der Waals surface area contributed by atoms with Crippen LogP contribution in [0.5, 0.6) is 5.75 Å². The number of pyridine rings is 1. The lowest BCUT2D eigenvalue weighted by molar-refractivity contribution is -0.131. The highest BCUT2D eigenvalue weighted by molar-refractivity contribution is 5.94. The first-order chi connectivity index (χ1) is 16.3. The third kappa shape index (κ3) is 4.10. The summed E-state index contributed by atoms with van der Waals surface area (Å²) in [5, 5.41) is 15.2. The van der Waals surface area contributed by atoms with Gasteiger partial charge in [0.1, 0.15) is 18.0 Å². The summed E-state index contributed by atoms with van der Waals surface area (Å²) in [5.41, 5.74) is 0.180. The number of fused-ring (bicyclic) bond motifs is 1. The molecule has 1 amide bonds. The molecule has 34 heavy (non-hydrogen) atoms. The van der Waals surface area contributed by atoms with Gasteiger partial charge in [-0.3, -0.25) is 4.79 Å². The van der Waals surface area contributed by atoms with Gasteiger partial charge >= 0.3 is 5.97 Å². The fourth-order valence-corrected chi connectivity index (χ4v) is 4.62. The number of carboxylic acids is 1. The number of para-hydroxylation sites is 1. The van der Waals surface area contributed by atoms with Crippen LogP contribution in [-0.4, -0.2) is 62.0 Å². The van der Waals surface area contributed by atoms with Crippen LogP contribution in [0, 0.1) is 0 Å². The van der Waals surface area contributed by atoms with Crippen molar-refractivity contribution in [1.82, 2.24) is 19.7 Å². The van der Waals surface area contributed by atoms with Crippen molar-refractivity contribution in [3.05, 3.63) is 47.8 Å². The summed E-state index contributed by atoms with van der Waals surface area (Å²) in [6.45, 7) is 1.92. The number of amides is 1. The highest BCUT2D eigenvalue weighted by Crippen LogP contribution is 2.43. The number of alkyl halides is 1. The molecule has 1 aliphatic heterocycles. The van der Waals surface area contributed by atoms with E-state index in [-0.39, 0.29) is 42.7 Å². The maximum absolute atomic E-state index is 15.5. The number of carbonyl (C=O) groups is 2. The molecule has 5 rings (SSSR count). The zero-order valence-corrected chi connectivity index (χ0v) is 19.0. The highest BCUT2D eigenvalue weighted by atomic mass is 19.1. The number of aromatic carboxylic acids is 1. The van der Waals surface area contributed by atoms with Crippen molar-refractivity contribution in [3.63, 3.8) is 0 Å². The molecular formula is C25H27FN4O4. The Kier molecular flexibility index (Phi) is 5.71. The Morgan fingerprint density at radius 1 is 1.21 bits per heavy atom. The molecular weight excluding hydrogens is 439 g/mol. The van der Waals surface area contributed by atoms with E-state index in [1.165, 1.54) is 13.0 Å². The minimum Gasteiger partial charge on any atom is -0.489 e. The Labute approximate surface area is 196 Å². The van der Waals surface area contributed by atoms with Gasteiger partial charge in [0, 0.05) is 44.8 Å². The van der Waals surface area contributed by atoms with E-state index in [1.54, 1.807) is 9.58 Å². The van der Waals surface area contributed by atoms with Crippen LogP contribution in [0.15, 0.2) is 36.4 Å². The summed E-state index contributed by atoms with van der Waals surface area (Å²) in [5.74, 6) is -0.742. The monoisotopic (exact) mass is 466 g/mol. The number of halogens is 1. The number of likely N-dealkylation sites (tertiary alicyclic amines) is 1. The lowest BCUT2D eigenvalue weighted by Crippen LogP contribution is -2.46. The molecule has 0 atom stereocenters. The van der Waals surface area contributed by atoms with Gasteiger partial charge in [0.25, 0.3) is 0 Å². The van der Waals surface area contributed by atoms with Crippen LogP contribution in [0.4, 0.5) is 4.39 Å².